The van der Waals surface area contributed by atoms with Gasteiger partial charge in [-0.25, -0.2) is 9.67 Å². The van der Waals surface area contributed by atoms with Gasteiger partial charge in [-0.2, -0.15) is 5.10 Å². The molecule has 0 aliphatic carbocycles. The summed E-state index contributed by atoms with van der Waals surface area (Å²) in [6.07, 6.45) is 6.05. The summed E-state index contributed by atoms with van der Waals surface area (Å²) in [7, 11) is 0. The molecule has 1 aliphatic rings. The predicted molar refractivity (Wildman–Crippen MR) is 113 cm³/mol. The van der Waals surface area contributed by atoms with Crippen molar-refractivity contribution >= 4 is 5.91 Å². The van der Waals surface area contributed by atoms with Crippen LogP contribution in [0.15, 0.2) is 60.9 Å². The molecule has 6 nitrogen and oxygen atoms in total. The van der Waals surface area contributed by atoms with Crippen molar-refractivity contribution in [2.24, 2.45) is 0 Å². The number of likely N-dealkylation sites (tertiary alicyclic amines) is 1. The van der Waals surface area contributed by atoms with Crippen molar-refractivity contribution in [2.75, 3.05) is 13.1 Å². The average Bonchev–Trinajstić information content (AvgIpc) is 3.21. The van der Waals surface area contributed by atoms with Gasteiger partial charge in [0.1, 0.15) is 0 Å². The number of pyridine rings is 1. The normalized spacial score (nSPS) is 15.3. The van der Waals surface area contributed by atoms with Gasteiger partial charge in [0, 0.05) is 31.9 Å². The molecule has 1 aromatic carbocycles. The molecule has 4 rings (SSSR count). The molecule has 3 aromatic rings. The van der Waals surface area contributed by atoms with Crippen LogP contribution in [0.3, 0.4) is 0 Å². The van der Waals surface area contributed by atoms with Gasteiger partial charge in [0.2, 0.25) is 0 Å². The van der Waals surface area contributed by atoms with Crippen LogP contribution < -0.4 is 5.32 Å². The van der Waals surface area contributed by atoms with Gasteiger partial charge in [-0.05, 0) is 37.0 Å². The van der Waals surface area contributed by atoms with Crippen molar-refractivity contribution in [3.63, 3.8) is 0 Å². The molecule has 1 saturated heterocycles. The Labute approximate surface area is 171 Å². The Bertz CT molecular complexity index is 930. The summed E-state index contributed by atoms with van der Waals surface area (Å²) in [5, 5.41) is 7.64. The van der Waals surface area contributed by atoms with E-state index in [1.807, 2.05) is 31.2 Å². The average molecular weight is 390 g/mol. The van der Waals surface area contributed by atoms with Crippen LogP contribution in [0.1, 0.15) is 41.4 Å². The van der Waals surface area contributed by atoms with Gasteiger partial charge in [-0.15, -0.1) is 0 Å². The largest absolute Gasteiger partial charge is 0.349 e. The molecule has 3 heterocycles. The van der Waals surface area contributed by atoms with Crippen molar-refractivity contribution in [1.82, 2.24) is 25.0 Å². The lowest BCUT2D eigenvalue weighted by Crippen LogP contribution is -2.44. The second kappa shape index (κ2) is 9.01. The van der Waals surface area contributed by atoms with Crippen LogP contribution in [0, 0.1) is 0 Å². The molecule has 1 aliphatic heterocycles. The third-order valence-corrected chi connectivity index (χ3v) is 5.49. The number of nitrogens with one attached hydrogen (secondary N) is 1. The van der Waals surface area contributed by atoms with E-state index in [0.717, 1.165) is 50.4 Å². The summed E-state index contributed by atoms with van der Waals surface area (Å²) in [6, 6.07) is 16.4. The Morgan fingerprint density at radius 2 is 1.86 bits per heavy atom. The number of benzene rings is 1. The SMILES string of the molecule is CCc1c(C(=O)NC2CCN(Cc3ccccc3)CC2)cnn1-c1ccccn1. The van der Waals surface area contributed by atoms with E-state index in [9.17, 15) is 4.79 Å². The molecule has 1 N–H and O–H groups in total. The highest BCUT2D eigenvalue weighted by Gasteiger charge is 2.24. The van der Waals surface area contributed by atoms with Gasteiger partial charge >= 0.3 is 0 Å². The minimum absolute atomic E-state index is 0.0365. The van der Waals surface area contributed by atoms with E-state index in [2.05, 4.69) is 44.6 Å². The first-order chi connectivity index (χ1) is 14.2. The van der Waals surface area contributed by atoms with Crippen molar-refractivity contribution in [3.05, 3.63) is 77.7 Å². The Morgan fingerprint density at radius 3 is 2.55 bits per heavy atom. The fraction of sp³-hybridized carbons (Fsp3) is 0.348. The summed E-state index contributed by atoms with van der Waals surface area (Å²) in [5.74, 6) is 0.697. The van der Waals surface area contributed by atoms with Gasteiger partial charge < -0.3 is 5.32 Å². The molecular formula is C23H27N5O. The molecule has 0 spiro atoms. The number of hydrogen-bond acceptors (Lipinski definition) is 4. The zero-order chi connectivity index (χ0) is 20.1. The molecule has 0 radical (unpaired) electrons. The first kappa shape index (κ1) is 19.3. The van der Waals surface area contributed by atoms with Crippen LogP contribution in [-0.2, 0) is 13.0 Å². The van der Waals surface area contributed by atoms with Gasteiger partial charge in [0.25, 0.3) is 5.91 Å². The molecular weight excluding hydrogens is 362 g/mol. The molecule has 1 amide bonds. The number of carbonyl (C=O) groups is 1. The number of amides is 1. The van der Waals surface area contributed by atoms with Gasteiger partial charge in [-0.1, -0.05) is 43.3 Å². The molecule has 0 bridgehead atoms. The van der Waals surface area contributed by atoms with Crippen molar-refractivity contribution in [2.45, 2.75) is 38.8 Å². The number of aromatic nitrogens is 3. The Morgan fingerprint density at radius 1 is 1.10 bits per heavy atom. The molecule has 150 valence electrons. The standard InChI is InChI=1S/C23H27N5O/c1-2-21-20(16-25-28(21)22-10-6-7-13-24-22)23(29)26-19-11-14-27(15-12-19)17-18-8-4-3-5-9-18/h3-10,13,16,19H,2,11-12,14-15,17H2,1H3,(H,26,29). The van der Waals surface area contributed by atoms with Crippen LogP contribution >= 0.6 is 0 Å². The maximum Gasteiger partial charge on any atom is 0.254 e. The van der Waals surface area contributed by atoms with Gasteiger partial charge in [-0.3, -0.25) is 9.69 Å². The Hall–Kier alpha value is -2.99. The van der Waals surface area contributed by atoms with Crippen LogP contribution in [0.2, 0.25) is 0 Å². The van der Waals surface area contributed by atoms with E-state index in [0.29, 0.717) is 5.56 Å². The second-order valence-corrected chi connectivity index (χ2v) is 7.47. The van der Waals surface area contributed by atoms with E-state index in [1.165, 1.54) is 5.56 Å². The zero-order valence-corrected chi connectivity index (χ0v) is 16.8. The van der Waals surface area contributed by atoms with E-state index in [-0.39, 0.29) is 11.9 Å². The summed E-state index contributed by atoms with van der Waals surface area (Å²) in [5.41, 5.74) is 2.87. The highest BCUT2D eigenvalue weighted by atomic mass is 16.1. The minimum Gasteiger partial charge on any atom is -0.349 e. The molecule has 1 fully saturated rings. The quantitative estimate of drug-likeness (QED) is 0.703. The summed E-state index contributed by atoms with van der Waals surface area (Å²) < 4.78 is 1.76. The van der Waals surface area contributed by atoms with Crippen molar-refractivity contribution in [3.8, 4) is 5.82 Å². The number of rotatable bonds is 6. The highest BCUT2D eigenvalue weighted by Crippen LogP contribution is 2.17. The second-order valence-electron chi connectivity index (χ2n) is 7.47. The molecule has 0 saturated carbocycles. The summed E-state index contributed by atoms with van der Waals surface area (Å²) in [4.78, 5) is 19.7. The number of piperidine rings is 1. The molecule has 29 heavy (non-hydrogen) atoms. The van der Waals surface area contributed by atoms with E-state index < -0.39 is 0 Å². The highest BCUT2D eigenvalue weighted by molar-refractivity contribution is 5.95. The minimum atomic E-state index is -0.0365. The fourth-order valence-electron chi connectivity index (χ4n) is 3.92. The van der Waals surface area contributed by atoms with E-state index >= 15 is 0 Å². The topological polar surface area (TPSA) is 63.1 Å². The number of nitrogens with zero attached hydrogens (tertiary/aromatic N) is 4. The smallest absolute Gasteiger partial charge is 0.254 e. The molecule has 0 atom stereocenters. The third kappa shape index (κ3) is 4.54. The first-order valence-corrected chi connectivity index (χ1v) is 10.3. The lowest BCUT2D eigenvalue weighted by molar-refractivity contribution is 0.0908. The Kier molecular flexibility index (Phi) is 6.00. The Balaban J connectivity index is 1.36. The molecule has 6 heteroatoms. The molecule has 2 aromatic heterocycles. The van der Waals surface area contributed by atoms with Crippen LogP contribution in [-0.4, -0.2) is 44.7 Å². The monoisotopic (exact) mass is 389 g/mol. The maximum absolute atomic E-state index is 12.9. The van der Waals surface area contributed by atoms with Gasteiger partial charge in [0.05, 0.1) is 17.5 Å². The zero-order valence-electron chi connectivity index (χ0n) is 16.8. The fourth-order valence-corrected chi connectivity index (χ4v) is 3.92. The first-order valence-electron chi connectivity index (χ1n) is 10.3. The van der Waals surface area contributed by atoms with Gasteiger partial charge in [0.15, 0.2) is 5.82 Å². The lowest BCUT2D eigenvalue weighted by atomic mass is 10.0. The summed E-state index contributed by atoms with van der Waals surface area (Å²) >= 11 is 0. The van der Waals surface area contributed by atoms with Crippen LogP contribution in [0.5, 0.6) is 0 Å². The van der Waals surface area contributed by atoms with Crippen molar-refractivity contribution < 1.29 is 4.79 Å². The third-order valence-electron chi connectivity index (χ3n) is 5.49. The number of hydrogen-bond donors (Lipinski definition) is 1. The predicted octanol–water partition coefficient (Wildman–Crippen LogP) is 3.22. The molecule has 0 unspecified atom stereocenters. The lowest BCUT2D eigenvalue weighted by Gasteiger charge is -2.32. The van der Waals surface area contributed by atoms with Crippen LogP contribution in [0.25, 0.3) is 5.82 Å². The van der Waals surface area contributed by atoms with E-state index in [1.54, 1.807) is 17.1 Å². The number of carbonyl (C=O) groups excluding carboxylic acids is 1. The van der Waals surface area contributed by atoms with E-state index in [4.69, 9.17) is 0 Å². The summed E-state index contributed by atoms with van der Waals surface area (Å²) in [6.45, 7) is 5.00. The van der Waals surface area contributed by atoms with Crippen molar-refractivity contribution in [1.29, 1.82) is 0 Å². The maximum atomic E-state index is 12.9. The van der Waals surface area contributed by atoms with Crippen LogP contribution in [0.4, 0.5) is 0 Å².